The van der Waals surface area contributed by atoms with Gasteiger partial charge in [0.1, 0.15) is 5.82 Å². The van der Waals surface area contributed by atoms with E-state index in [-0.39, 0.29) is 0 Å². The van der Waals surface area contributed by atoms with Crippen molar-refractivity contribution in [2.75, 3.05) is 38.5 Å². The lowest BCUT2D eigenvalue weighted by atomic mass is 10.2. The first kappa shape index (κ1) is 16.5. The van der Waals surface area contributed by atoms with Gasteiger partial charge in [-0.1, -0.05) is 18.5 Å². The van der Waals surface area contributed by atoms with Crippen LogP contribution in [0.1, 0.15) is 32.4 Å². The molecule has 1 atom stereocenters. The van der Waals surface area contributed by atoms with Gasteiger partial charge in [-0.05, 0) is 52.0 Å². The van der Waals surface area contributed by atoms with Gasteiger partial charge in [0.25, 0.3) is 0 Å². The van der Waals surface area contributed by atoms with Crippen LogP contribution in [-0.2, 0) is 6.54 Å². The predicted octanol–water partition coefficient (Wildman–Crippen LogP) is 3.08. The number of aromatic nitrogens is 1. The lowest BCUT2D eigenvalue weighted by molar-refractivity contribution is 0.194. The fourth-order valence-corrected chi connectivity index (χ4v) is 3.24. The molecule has 1 aliphatic heterocycles. The minimum Gasteiger partial charge on any atom is -0.370 e. The largest absolute Gasteiger partial charge is 0.370 e. The van der Waals surface area contributed by atoms with Crippen molar-refractivity contribution in [2.24, 2.45) is 0 Å². The Kier molecular flexibility index (Phi) is 6.27. The standard InChI is InChI=1S/C16H27ClN4/c1-4-18-16-9-8-14(17)15(19-16)12-20(3)11-13-7-6-10-21(13)5-2/h8-9,13H,4-7,10-12H2,1-3H3,(H,18,19). The maximum Gasteiger partial charge on any atom is 0.126 e. The quantitative estimate of drug-likeness (QED) is 0.838. The molecule has 0 aliphatic carbocycles. The van der Waals surface area contributed by atoms with Gasteiger partial charge >= 0.3 is 0 Å². The molecule has 0 spiro atoms. The Balaban J connectivity index is 1.95. The molecule has 0 radical (unpaired) electrons. The SMILES string of the molecule is CCNc1ccc(Cl)c(CN(C)CC2CCCN2CC)n1. The lowest BCUT2D eigenvalue weighted by Crippen LogP contribution is -2.38. The van der Waals surface area contributed by atoms with E-state index in [1.807, 2.05) is 12.1 Å². The molecule has 0 amide bonds. The molecule has 0 bridgehead atoms. The van der Waals surface area contributed by atoms with Gasteiger partial charge in [-0.25, -0.2) is 4.98 Å². The van der Waals surface area contributed by atoms with E-state index in [1.54, 1.807) is 0 Å². The lowest BCUT2D eigenvalue weighted by Gasteiger charge is -2.27. The van der Waals surface area contributed by atoms with Gasteiger partial charge in [-0.2, -0.15) is 0 Å². The van der Waals surface area contributed by atoms with Crippen molar-refractivity contribution in [3.8, 4) is 0 Å². The third-order valence-corrected chi connectivity index (χ3v) is 4.47. The van der Waals surface area contributed by atoms with Gasteiger partial charge < -0.3 is 5.32 Å². The Labute approximate surface area is 133 Å². The summed E-state index contributed by atoms with van der Waals surface area (Å²) in [6.45, 7) is 9.45. The molecule has 21 heavy (non-hydrogen) atoms. The van der Waals surface area contributed by atoms with E-state index in [0.717, 1.165) is 42.7 Å². The number of rotatable bonds is 7. The molecule has 1 aliphatic rings. The van der Waals surface area contributed by atoms with Crippen LogP contribution in [0.2, 0.25) is 5.02 Å². The molecule has 5 heteroatoms. The number of nitrogens with one attached hydrogen (secondary N) is 1. The van der Waals surface area contributed by atoms with Crippen LogP contribution in [0.5, 0.6) is 0 Å². The average Bonchev–Trinajstić information content (AvgIpc) is 2.90. The minimum atomic E-state index is 0.677. The van der Waals surface area contributed by atoms with Crippen LogP contribution in [0.4, 0.5) is 5.82 Å². The monoisotopic (exact) mass is 310 g/mol. The molecule has 1 aromatic rings. The van der Waals surface area contributed by atoms with Gasteiger partial charge in [0.05, 0.1) is 10.7 Å². The number of hydrogen-bond acceptors (Lipinski definition) is 4. The molecule has 118 valence electrons. The minimum absolute atomic E-state index is 0.677. The van der Waals surface area contributed by atoms with Crippen LogP contribution < -0.4 is 5.32 Å². The zero-order valence-corrected chi connectivity index (χ0v) is 14.2. The van der Waals surface area contributed by atoms with E-state index in [4.69, 9.17) is 11.6 Å². The molecule has 1 fully saturated rings. The highest BCUT2D eigenvalue weighted by Gasteiger charge is 2.24. The first-order valence-corrected chi connectivity index (χ1v) is 8.33. The maximum absolute atomic E-state index is 6.29. The van der Waals surface area contributed by atoms with Crippen LogP contribution in [0.3, 0.4) is 0 Å². The molecule has 0 aromatic carbocycles. The smallest absolute Gasteiger partial charge is 0.126 e. The number of likely N-dealkylation sites (N-methyl/N-ethyl adjacent to an activating group) is 2. The fourth-order valence-electron chi connectivity index (χ4n) is 3.07. The molecule has 1 aromatic heterocycles. The molecule has 2 heterocycles. The summed E-state index contributed by atoms with van der Waals surface area (Å²) >= 11 is 6.29. The second kappa shape index (κ2) is 7.97. The number of nitrogens with zero attached hydrogens (tertiary/aromatic N) is 3. The summed E-state index contributed by atoms with van der Waals surface area (Å²) in [5.41, 5.74) is 0.957. The van der Waals surface area contributed by atoms with Crippen LogP contribution in [0.15, 0.2) is 12.1 Å². The number of halogens is 1. The number of likely N-dealkylation sites (tertiary alicyclic amines) is 1. The third-order valence-electron chi connectivity index (χ3n) is 4.12. The summed E-state index contributed by atoms with van der Waals surface area (Å²) in [6.07, 6.45) is 2.62. The van der Waals surface area contributed by atoms with Crippen molar-refractivity contribution in [1.29, 1.82) is 0 Å². The van der Waals surface area contributed by atoms with E-state index in [1.165, 1.54) is 19.4 Å². The Bertz CT molecular complexity index is 452. The van der Waals surface area contributed by atoms with Crippen molar-refractivity contribution < 1.29 is 0 Å². The van der Waals surface area contributed by atoms with E-state index < -0.39 is 0 Å². The predicted molar refractivity (Wildman–Crippen MR) is 90.0 cm³/mol. The molecular formula is C16H27ClN4. The zero-order valence-electron chi connectivity index (χ0n) is 13.4. The van der Waals surface area contributed by atoms with Gasteiger partial charge in [0, 0.05) is 25.7 Å². The molecule has 0 saturated carbocycles. The normalized spacial score (nSPS) is 19.4. The van der Waals surface area contributed by atoms with Crippen molar-refractivity contribution in [3.05, 3.63) is 22.8 Å². The van der Waals surface area contributed by atoms with Crippen LogP contribution in [-0.4, -0.2) is 54.1 Å². The van der Waals surface area contributed by atoms with Crippen molar-refractivity contribution in [2.45, 2.75) is 39.3 Å². The molecule has 2 rings (SSSR count). The van der Waals surface area contributed by atoms with Crippen LogP contribution in [0, 0.1) is 0 Å². The molecular weight excluding hydrogens is 284 g/mol. The summed E-state index contributed by atoms with van der Waals surface area (Å²) in [6, 6.07) is 4.55. The Morgan fingerprint density at radius 3 is 2.95 bits per heavy atom. The van der Waals surface area contributed by atoms with Crippen molar-refractivity contribution >= 4 is 17.4 Å². The topological polar surface area (TPSA) is 31.4 Å². The highest BCUT2D eigenvalue weighted by Crippen LogP contribution is 2.21. The molecule has 1 saturated heterocycles. The highest BCUT2D eigenvalue weighted by atomic mass is 35.5. The summed E-state index contributed by atoms with van der Waals surface area (Å²) in [5.74, 6) is 0.904. The Morgan fingerprint density at radius 2 is 2.24 bits per heavy atom. The number of pyridine rings is 1. The molecule has 4 nitrogen and oxygen atoms in total. The van der Waals surface area contributed by atoms with Crippen molar-refractivity contribution in [3.63, 3.8) is 0 Å². The summed E-state index contributed by atoms with van der Waals surface area (Å²) in [7, 11) is 2.16. The summed E-state index contributed by atoms with van der Waals surface area (Å²) in [5, 5.41) is 3.99. The van der Waals surface area contributed by atoms with Gasteiger partial charge in [-0.15, -0.1) is 0 Å². The van der Waals surface area contributed by atoms with E-state index in [9.17, 15) is 0 Å². The van der Waals surface area contributed by atoms with E-state index in [0.29, 0.717) is 6.04 Å². The number of hydrogen-bond donors (Lipinski definition) is 1. The first-order valence-electron chi connectivity index (χ1n) is 7.96. The maximum atomic E-state index is 6.29. The van der Waals surface area contributed by atoms with Crippen molar-refractivity contribution in [1.82, 2.24) is 14.8 Å². The van der Waals surface area contributed by atoms with E-state index >= 15 is 0 Å². The molecule has 1 unspecified atom stereocenters. The third kappa shape index (κ3) is 4.56. The van der Waals surface area contributed by atoms with Crippen LogP contribution in [0.25, 0.3) is 0 Å². The second-order valence-corrected chi connectivity index (χ2v) is 6.18. The first-order chi connectivity index (χ1) is 10.1. The van der Waals surface area contributed by atoms with Crippen LogP contribution >= 0.6 is 11.6 Å². The molecule has 1 N–H and O–H groups in total. The van der Waals surface area contributed by atoms with Gasteiger partial charge in [0.15, 0.2) is 0 Å². The Morgan fingerprint density at radius 1 is 1.43 bits per heavy atom. The van der Waals surface area contributed by atoms with E-state index in [2.05, 4.69) is 41.0 Å². The average molecular weight is 311 g/mol. The van der Waals surface area contributed by atoms with Gasteiger partial charge in [-0.3, -0.25) is 9.80 Å². The number of anilines is 1. The van der Waals surface area contributed by atoms with Gasteiger partial charge in [0.2, 0.25) is 0 Å². The fraction of sp³-hybridized carbons (Fsp3) is 0.688. The Hall–Kier alpha value is -0.840. The highest BCUT2D eigenvalue weighted by molar-refractivity contribution is 6.31. The summed E-state index contributed by atoms with van der Waals surface area (Å²) < 4.78 is 0. The summed E-state index contributed by atoms with van der Waals surface area (Å²) in [4.78, 5) is 9.52. The second-order valence-electron chi connectivity index (χ2n) is 5.78. The zero-order chi connectivity index (χ0) is 15.2.